The number of rotatable bonds is 5. The van der Waals surface area contributed by atoms with Crippen molar-refractivity contribution in [1.82, 2.24) is 5.32 Å². The Hall–Kier alpha value is -0.250. The highest BCUT2D eigenvalue weighted by atomic mass is 79.9. The van der Waals surface area contributed by atoms with Crippen molar-refractivity contribution < 1.29 is 4.74 Å². The van der Waals surface area contributed by atoms with Crippen LogP contribution in [0.15, 0.2) is 16.6 Å². The zero-order valence-corrected chi connectivity index (χ0v) is 14.3. The summed E-state index contributed by atoms with van der Waals surface area (Å²) in [5, 5.41) is 4.42. The Bertz CT molecular complexity index is 497. The molecule has 3 atom stereocenters. The van der Waals surface area contributed by atoms with Crippen molar-refractivity contribution in [2.45, 2.75) is 32.2 Å². The quantitative estimate of drug-likeness (QED) is 0.815. The molecule has 3 rings (SSSR count). The van der Waals surface area contributed by atoms with Crippen LogP contribution in [0.2, 0.25) is 5.02 Å². The van der Waals surface area contributed by atoms with Crippen molar-refractivity contribution in [3.63, 3.8) is 0 Å². The van der Waals surface area contributed by atoms with Crippen LogP contribution in [0.25, 0.3) is 0 Å². The van der Waals surface area contributed by atoms with Crippen LogP contribution < -0.4 is 10.1 Å². The number of ether oxygens (including phenoxy) is 1. The van der Waals surface area contributed by atoms with Gasteiger partial charge >= 0.3 is 0 Å². The summed E-state index contributed by atoms with van der Waals surface area (Å²) in [6.45, 7) is 3.13. The van der Waals surface area contributed by atoms with Crippen molar-refractivity contribution in [3.05, 3.63) is 27.2 Å². The SMILES string of the molecule is CCNC(c1cc(Cl)cc(Br)c1OC)C1C2CCCC21. The fourth-order valence-electron chi connectivity index (χ4n) is 4.07. The Morgan fingerprint density at radius 2 is 2.10 bits per heavy atom. The predicted molar refractivity (Wildman–Crippen MR) is 86.4 cm³/mol. The molecule has 0 radical (unpaired) electrons. The monoisotopic (exact) mass is 357 g/mol. The summed E-state index contributed by atoms with van der Waals surface area (Å²) in [5.74, 6) is 3.48. The number of benzene rings is 1. The number of nitrogens with one attached hydrogen (secondary N) is 1. The molecule has 3 unspecified atom stereocenters. The summed E-state index contributed by atoms with van der Waals surface area (Å²) in [6.07, 6.45) is 4.18. The molecule has 2 fully saturated rings. The summed E-state index contributed by atoms with van der Waals surface area (Å²) < 4.78 is 6.55. The van der Waals surface area contributed by atoms with Gasteiger partial charge in [-0.15, -0.1) is 0 Å². The van der Waals surface area contributed by atoms with E-state index in [9.17, 15) is 0 Å². The van der Waals surface area contributed by atoms with Crippen LogP contribution >= 0.6 is 27.5 Å². The Kier molecular flexibility index (Phi) is 4.30. The summed E-state index contributed by atoms with van der Waals surface area (Å²) in [5.41, 5.74) is 1.20. The number of hydrogen-bond donors (Lipinski definition) is 1. The Morgan fingerprint density at radius 1 is 1.40 bits per heavy atom. The lowest BCUT2D eigenvalue weighted by molar-refractivity contribution is 0.376. The van der Waals surface area contributed by atoms with E-state index in [0.717, 1.165) is 39.5 Å². The van der Waals surface area contributed by atoms with Gasteiger partial charge in [-0.2, -0.15) is 0 Å². The predicted octanol–water partition coefficient (Wildman–Crippen LogP) is 4.81. The molecule has 0 heterocycles. The molecule has 2 aliphatic rings. The van der Waals surface area contributed by atoms with Crippen LogP contribution in [0.4, 0.5) is 0 Å². The zero-order valence-electron chi connectivity index (χ0n) is 12.0. The van der Waals surface area contributed by atoms with E-state index < -0.39 is 0 Å². The molecule has 2 aliphatic carbocycles. The molecule has 2 saturated carbocycles. The molecule has 20 heavy (non-hydrogen) atoms. The summed E-state index contributed by atoms with van der Waals surface area (Å²) in [6, 6.07) is 4.33. The molecule has 0 aliphatic heterocycles. The maximum Gasteiger partial charge on any atom is 0.137 e. The minimum atomic E-state index is 0.361. The van der Waals surface area contributed by atoms with Gasteiger partial charge in [0.1, 0.15) is 5.75 Å². The van der Waals surface area contributed by atoms with Gasteiger partial charge in [-0.05, 0) is 65.2 Å². The molecule has 0 bridgehead atoms. The topological polar surface area (TPSA) is 21.3 Å². The molecule has 110 valence electrons. The number of methoxy groups -OCH3 is 1. The van der Waals surface area contributed by atoms with Gasteiger partial charge < -0.3 is 10.1 Å². The summed E-state index contributed by atoms with van der Waals surface area (Å²) in [4.78, 5) is 0. The normalized spacial score (nSPS) is 29.1. The van der Waals surface area contributed by atoms with Gasteiger partial charge in [0.15, 0.2) is 0 Å². The molecule has 1 aromatic carbocycles. The van der Waals surface area contributed by atoms with Crippen LogP contribution in [-0.2, 0) is 0 Å². The van der Waals surface area contributed by atoms with Gasteiger partial charge in [-0.1, -0.05) is 24.9 Å². The van der Waals surface area contributed by atoms with Crippen LogP contribution in [0.3, 0.4) is 0 Å². The molecule has 1 N–H and O–H groups in total. The average Bonchev–Trinajstić information content (AvgIpc) is 2.87. The Morgan fingerprint density at radius 3 is 2.70 bits per heavy atom. The maximum atomic E-state index is 6.26. The molecule has 0 amide bonds. The van der Waals surface area contributed by atoms with Crippen molar-refractivity contribution in [3.8, 4) is 5.75 Å². The molecular weight excluding hydrogens is 338 g/mol. The fraction of sp³-hybridized carbons (Fsp3) is 0.625. The minimum Gasteiger partial charge on any atom is -0.495 e. The van der Waals surface area contributed by atoms with Crippen molar-refractivity contribution in [2.24, 2.45) is 17.8 Å². The number of fused-ring (bicyclic) bond motifs is 1. The van der Waals surface area contributed by atoms with E-state index in [4.69, 9.17) is 16.3 Å². The van der Waals surface area contributed by atoms with Crippen molar-refractivity contribution >= 4 is 27.5 Å². The highest BCUT2D eigenvalue weighted by Crippen LogP contribution is 2.63. The highest BCUT2D eigenvalue weighted by Gasteiger charge is 2.56. The number of halogens is 2. The smallest absolute Gasteiger partial charge is 0.137 e. The Labute approximate surface area is 134 Å². The minimum absolute atomic E-state index is 0.361. The maximum absolute atomic E-state index is 6.26. The first-order valence-electron chi connectivity index (χ1n) is 7.43. The molecule has 0 spiro atoms. The van der Waals surface area contributed by atoms with E-state index in [-0.39, 0.29) is 0 Å². The lowest BCUT2D eigenvalue weighted by atomic mass is 9.96. The van der Waals surface area contributed by atoms with Crippen LogP contribution in [0.1, 0.15) is 37.8 Å². The molecule has 0 aromatic heterocycles. The lowest BCUT2D eigenvalue weighted by Crippen LogP contribution is -2.25. The highest BCUT2D eigenvalue weighted by molar-refractivity contribution is 9.10. The van der Waals surface area contributed by atoms with Crippen molar-refractivity contribution in [2.75, 3.05) is 13.7 Å². The van der Waals surface area contributed by atoms with Gasteiger partial charge in [0, 0.05) is 16.6 Å². The van der Waals surface area contributed by atoms with Crippen LogP contribution in [0.5, 0.6) is 5.75 Å². The Balaban J connectivity index is 1.95. The molecule has 4 heteroatoms. The van der Waals surface area contributed by atoms with Gasteiger partial charge in [0.25, 0.3) is 0 Å². The third-order valence-electron chi connectivity index (χ3n) is 4.86. The molecule has 0 saturated heterocycles. The lowest BCUT2D eigenvalue weighted by Gasteiger charge is -2.23. The van der Waals surface area contributed by atoms with Crippen LogP contribution in [0, 0.1) is 17.8 Å². The fourth-order valence-corrected chi connectivity index (χ4v) is 5.07. The van der Waals surface area contributed by atoms with E-state index in [1.165, 1.54) is 24.8 Å². The first-order chi connectivity index (χ1) is 9.67. The third kappa shape index (κ3) is 2.49. The van der Waals surface area contributed by atoms with E-state index in [0.29, 0.717) is 6.04 Å². The summed E-state index contributed by atoms with van der Waals surface area (Å²) in [7, 11) is 1.73. The summed E-state index contributed by atoms with van der Waals surface area (Å²) >= 11 is 9.83. The standard InChI is InChI=1S/C16H21BrClNO/c1-3-19-15(14-10-5-4-6-11(10)14)12-7-9(18)8-13(17)16(12)20-2/h7-8,10-11,14-15,19H,3-6H2,1-2H3. The van der Waals surface area contributed by atoms with Gasteiger partial charge in [0.05, 0.1) is 11.6 Å². The first kappa shape index (κ1) is 14.7. The second-order valence-electron chi connectivity index (χ2n) is 5.88. The largest absolute Gasteiger partial charge is 0.495 e. The van der Waals surface area contributed by atoms with Crippen LogP contribution in [-0.4, -0.2) is 13.7 Å². The number of hydrogen-bond acceptors (Lipinski definition) is 2. The average molecular weight is 359 g/mol. The molecular formula is C16H21BrClNO. The van der Waals surface area contributed by atoms with Gasteiger partial charge in [0.2, 0.25) is 0 Å². The van der Waals surface area contributed by atoms with Crippen molar-refractivity contribution in [1.29, 1.82) is 0 Å². The second kappa shape index (κ2) is 5.86. The van der Waals surface area contributed by atoms with Gasteiger partial charge in [-0.3, -0.25) is 0 Å². The first-order valence-corrected chi connectivity index (χ1v) is 8.60. The molecule has 2 nitrogen and oxygen atoms in total. The van der Waals surface area contributed by atoms with E-state index in [1.807, 2.05) is 6.07 Å². The zero-order chi connectivity index (χ0) is 14.3. The third-order valence-corrected chi connectivity index (χ3v) is 5.67. The van der Waals surface area contributed by atoms with E-state index in [1.54, 1.807) is 7.11 Å². The van der Waals surface area contributed by atoms with E-state index in [2.05, 4.69) is 34.2 Å². The van der Waals surface area contributed by atoms with Gasteiger partial charge in [-0.25, -0.2) is 0 Å². The van der Waals surface area contributed by atoms with E-state index >= 15 is 0 Å². The second-order valence-corrected chi connectivity index (χ2v) is 7.17. The molecule has 1 aromatic rings.